The lowest BCUT2D eigenvalue weighted by atomic mass is 9.68. The topological polar surface area (TPSA) is 20.2 Å². The van der Waals surface area contributed by atoms with Crippen LogP contribution in [0.4, 0.5) is 0 Å². The average molecular weight is 272 g/mol. The van der Waals surface area contributed by atoms with Gasteiger partial charge in [-0.25, -0.2) is 0 Å². The van der Waals surface area contributed by atoms with Crippen molar-refractivity contribution in [2.24, 2.45) is 11.3 Å². The highest BCUT2D eigenvalue weighted by molar-refractivity contribution is 5.32. The molecule has 1 aromatic rings. The van der Waals surface area contributed by atoms with Gasteiger partial charge in [-0.3, -0.25) is 0 Å². The van der Waals surface area contributed by atoms with Crippen molar-refractivity contribution in [3.05, 3.63) is 35.4 Å². The van der Waals surface area contributed by atoms with Crippen molar-refractivity contribution in [1.29, 1.82) is 0 Å². The zero-order valence-corrected chi connectivity index (χ0v) is 13.2. The van der Waals surface area contributed by atoms with E-state index in [4.69, 9.17) is 0 Å². The lowest BCUT2D eigenvalue weighted by Crippen LogP contribution is -2.25. The zero-order chi connectivity index (χ0) is 14.4. The smallest absolute Gasteiger partial charge is 0.0899 e. The lowest BCUT2D eigenvalue weighted by Gasteiger charge is -2.37. The molecular formula is C19H28O. The van der Waals surface area contributed by atoms with Crippen LogP contribution in [0.25, 0.3) is 0 Å². The van der Waals surface area contributed by atoms with E-state index in [1.807, 2.05) is 0 Å². The molecule has 1 nitrogen and oxygen atoms in total. The average Bonchev–Trinajstić information content (AvgIpc) is 3.18. The second kappa shape index (κ2) is 4.87. The SMILES string of the molecule is CC(C)(C)C1CCC(c2ccc(C3(O)CC3)cc2)CC1. The van der Waals surface area contributed by atoms with E-state index in [-0.39, 0.29) is 0 Å². The lowest BCUT2D eigenvalue weighted by molar-refractivity contribution is 0.151. The molecule has 0 spiro atoms. The van der Waals surface area contributed by atoms with Gasteiger partial charge in [-0.1, -0.05) is 45.0 Å². The Morgan fingerprint density at radius 1 is 0.950 bits per heavy atom. The summed E-state index contributed by atoms with van der Waals surface area (Å²) in [5.41, 5.74) is 2.57. The highest BCUT2D eigenvalue weighted by atomic mass is 16.3. The molecule has 2 saturated carbocycles. The van der Waals surface area contributed by atoms with Gasteiger partial charge in [-0.15, -0.1) is 0 Å². The van der Waals surface area contributed by atoms with E-state index >= 15 is 0 Å². The van der Waals surface area contributed by atoms with Gasteiger partial charge in [0.15, 0.2) is 0 Å². The fourth-order valence-corrected chi connectivity index (χ4v) is 3.77. The van der Waals surface area contributed by atoms with Crippen LogP contribution >= 0.6 is 0 Å². The first kappa shape index (κ1) is 14.1. The molecule has 0 aliphatic heterocycles. The normalized spacial score (nSPS) is 29.2. The van der Waals surface area contributed by atoms with Gasteiger partial charge in [0, 0.05) is 0 Å². The number of benzene rings is 1. The molecule has 0 saturated heterocycles. The van der Waals surface area contributed by atoms with Crippen LogP contribution in [0.1, 0.15) is 76.3 Å². The van der Waals surface area contributed by atoms with E-state index in [1.54, 1.807) is 0 Å². The summed E-state index contributed by atoms with van der Waals surface area (Å²) in [7, 11) is 0. The number of aliphatic hydroxyl groups is 1. The van der Waals surface area contributed by atoms with Gasteiger partial charge in [-0.2, -0.15) is 0 Å². The molecule has 20 heavy (non-hydrogen) atoms. The number of rotatable bonds is 2. The second-order valence-electron chi connectivity index (χ2n) is 8.07. The van der Waals surface area contributed by atoms with E-state index in [0.717, 1.165) is 30.2 Å². The van der Waals surface area contributed by atoms with Gasteiger partial charge in [0.05, 0.1) is 5.60 Å². The van der Waals surface area contributed by atoms with Gasteiger partial charge in [0.25, 0.3) is 0 Å². The molecule has 1 heteroatoms. The Hall–Kier alpha value is -0.820. The monoisotopic (exact) mass is 272 g/mol. The first-order valence-corrected chi connectivity index (χ1v) is 8.21. The predicted molar refractivity (Wildman–Crippen MR) is 83.7 cm³/mol. The zero-order valence-electron chi connectivity index (χ0n) is 13.2. The van der Waals surface area contributed by atoms with Crippen molar-refractivity contribution >= 4 is 0 Å². The highest BCUT2D eigenvalue weighted by Crippen LogP contribution is 2.46. The van der Waals surface area contributed by atoms with E-state index < -0.39 is 5.60 Å². The van der Waals surface area contributed by atoms with Crippen molar-refractivity contribution in [1.82, 2.24) is 0 Å². The summed E-state index contributed by atoms with van der Waals surface area (Å²) >= 11 is 0. The van der Waals surface area contributed by atoms with Crippen LogP contribution in [0.5, 0.6) is 0 Å². The van der Waals surface area contributed by atoms with Gasteiger partial charge < -0.3 is 5.11 Å². The van der Waals surface area contributed by atoms with E-state index in [2.05, 4.69) is 45.0 Å². The Kier molecular flexibility index (Phi) is 3.44. The molecular weight excluding hydrogens is 244 g/mol. The van der Waals surface area contributed by atoms with Crippen LogP contribution in [0.2, 0.25) is 0 Å². The Bertz CT molecular complexity index is 454. The van der Waals surface area contributed by atoms with Crippen LogP contribution in [0, 0.1) is 11.3 Å². The van der Waals surface area contributed by atoms with Crippen LogP contribution in [0.3, 0.4) is 0 Å². The minimum atomic E-state index is -0.484. The molecule has 0 aromatic heterocycles. The van der Waals surface area contributed by atoms with Crippen LogP contribution in [0.15, 0.2) is 24.3 Å². The summed E-state index contributed by atoms with van der Waals surface area (Å²) in [5.74, 6) is 1.61. The summed E-state index contributed by atoms with van der Waals surface area (Å²) < 4.78 is 0. The van der Waals surface area contributed by atoms with Crippen molar-refractivity contribution in [2.75, 3.05) is 0 Å². The Balaban J connectivity index is 1.63. The summed E-state index contributed by atoms with van der Waals surface area (Å²) in [6.45, 7) is 7.13. The van der Waals surface area contributed by atoms with Crippen LogP contribution in [-0.2, 0) is 5.60 Å². The van der Waals surface area contributed by atoms with Gasteiger partial charge in [0.1, 0.15) is 0 Å². The predicted octanol–water partition coefficient (Wildman–Crippen LogP) is 4.99. The summed E-state index contributed by atoms with van der Waals surface area (Å²) in [6, 6.07) is 8.82. The van der Waals surface area contributed by atoms with Crippen molar-refractivity contribution in [3.63, 3.8) is 0 Å². The molecule has 2 aliphatic rings. The van der Waals surface area contributed by atoms with Gasteiger partial charge >= 0.3 is 0 Å². The van der Waals surface area contributed by atoms with Crippen molar-refractivity contribution < 1.29 is 5.11 Å². The molecule has 0 unspecified atom stereocenters. The quantitative estimate of drug-likeness (QED) is 0.804. The second-order valence-corrected chi connectivity index (χ2v) is 8.07. The Morgan fingerprint density at radius 2 is 1.50 bits per heavy atom. The van der Waals surface area contributed by atoms with Crippen LogP contribution < -0.4 is 0 Å². The van der Waals surface area contributed by atoms with E-state index in [9.17, 15) is 5.11 Å². The van der Waals surface area contributed by atoms with Crippen molar-refractivity contribution in [3.8, 4) is 0 Å². The molecule has 0 atom stereocenters. The summed E-state index contributed by atoms with van der Waals surface area (Å²) in [5, 5.41) is 10.1. The first-order valence-electron chi connectivity index (χ1n) is 8.21. The maximum atomic E-state index is 10.1. The molecule has 2 aliphatic carbocycles. The first-order chi connectivity index (χ1) is 9.38. The molecule has 110 valence electrons. The van der Waals surface area contributed by atoms with Crippen LogP contribution in [-0.4, -0.2) is 5.11 Å². The molecule has 0 bridgehead atoms. The van der Waals surface area contributed by atoms with Gasteiger partial charge in [-0.05, 0) is 66.9 Å². The third kappa shape index (κ3) is 2.79. The highest BCUT2D eigenvalue weighted by Gasteiger charge is 2.42. The third-order valence-corrected chi connectivity index (χ3v) is 5.59. The fraction of sp³-hybridized carbons (Fsp3) is 0.684. The number of hydrogen-bond acceptors (Lipinski definition) is 1. The largest absolute Gasteiger partial charge is 0.385 e. The Labute approximate surface area is 123 Å². The Morgan fingerprint density at radius 3 is 1.95 bits per heavy atom. The third-order valence-electron chi connectivity index (χ3n) is 5.59. The summed E-state index contributed by atoms with van der Waals surface area (Å²) in [6.07, 6.45) is 7.24. The van der Waals surface area contributed by atoms with E-state index in [1.165, 1.54) is 31.2 Å². The molecule has 1 aromatic carbocycles. The van der Waals surface area contributed by atoms with Crippen molar-refractivity contribution in [2.45, 2.75) is 70.8 Å². The molecule has 3 rings (SSSR count). The molecule has 2 fully saturated rings. The maximum absolute atomic E-state index is 10.1. The standard InChI is InChI=1S/C19H28O/c1-18(2,3)16-8-4-14(5-9-16)15-6-10-17(11-7-15)19(20)12-13-19/h6-7,10-11,14,16,20H,4-5,8-9,12-13H2,1-3H3. The summed E-state index contributed by atoms with van der Waals surface area (Å²) in [4.78, 5) is 0. The van der Waals surface area contributed by atoms with E-state index in [0.29, 0.717) is 5.41 Å². The number of hydrogen-bond donors (Lipinski definition) is 1. The molecule has 0 radical (unpaired) electrons. The maximum Gasteiger partial charge on any atom is 0.0899 e. The minimum Gasteiger partial charge on any atom is -0.385 e. The van der Waals surface area contributed by atoms with Gasteiger partial charge in [0.2, 0.25) is 0 Å². The minimum absolute atomic E-state index is 0.462. The fourth-order valence-electron chi connectivity index (χ4n) is 3.77. The molecule has 1 N–H and O–H groups in total. The molecule has 0 amide bonds. The molecule has 0 heterocycles.